The molecule has 0 radical (unpaired) electrons. The summed E-state index contributed by atoms with van der Waals surface area (Å²) in [5, 5.41) is 0. The molecule has 0 atom stereocenters. The van der Waals surface area contributed by atoms with E-state index in [1.807, 2.05) is 11.8 Å². The first kappa shape index (κ1) is 18.4. The summed E-state index contributed by atoms with van der Waals surface area (Å²) in [6, 6.07) is 8.53. The highest BCUT2D eigenvalue weighted by Gasteiger charge is 2.21. The van der Waals surface area contributed by atoms with E-state index >= 15 is 0 Å². The monoisotopic (exact) mass is 376 g/mol. The van der Waals surface area contributed by atoms with Gasteiger partial charge in [0.05, 0.1) is 28.9 Å². The van der Waals surface area contributed by atoms with Crippen molar-refractivity contribution in [3.63, 3.8) is 0 Å². The van der Waals surface area contributed by atoms with Crippen LogP contribution in [0.1, 0.15) is 22.5 Å². The number of piperazine rings is 1. The zero-order valence-corrected chi connectivity index (χ0v) is 16.4. The Bertz CT molecular complexity index is 711. The summed E-state index contributed by atoms with van der Waals surface area (Å²) in [5.41, 5.74) is 4.70. The first-order valence-corrected chi connectivity index (χ1v) is 10.4. The molecule has 1 fully saturated rings. The molecule has 1 saturated heterocycles. The molecule has 0 bridgehead atoms. The summed E-state index contributed by atoms with van der Waals surface area (Å²) in [6.07, 6.45) is 0. The van der Waals surface area contributed by atoms with Gasteiger partial charge in [0.2, 0.25) is 5.91 Å². The van der Waals surface area contributed by atoms with Gasteiger partial charge >= 0.3 is 0 Å². The van der Waals surface area contributed by atoms with Gasteiger partial charge in [-0.05, 0) is 25.0 Å². The predicted octanol–water partition coefficient (Wildman–Crippen LogP) is 2.73. The summed E-state index contributed by atoms with van der Waals surface area (Å²) < 4.78 is 8.43. The molecule has 5 nitrogen and oxygen atoms in total. The van der Waals surface area contributed by atoms with Crippen molar-refractivity contribution in [1.82, 2.24) is 18.5 Å². The van der Waals surface area contributed by atoms with Gasteiger partial charge in [-0.2, -0.15) is 8.75 Å². The summed E-state index contributed by atoms with van der Waals surface area (Å²) in [6.45, 7) is 8.63. The lowest BCUT2D eigenvalue weighted by atomic mass is 10.1. The molecule has 7 heteroatoms. The van der Waals surface area contributed by atoms with Crippen LogP contribution < -0.4 is 0 Å². The highest BCUT2D eigenvalue weighted by molar-refractivity contribution is 7.99. The Kier molecular flexibility index (Phi) is 6.45. The van der Waals surface area contributed by atoms with E-state index in [1.165, 1.54) is 22.9 Å². The molecule has 2 heterocycles. The lowest BCUT2D eigenvalue weighted by molar-refractivity contribution is -0.130. The van der Waals surface area contributed by atoms with E-state index in [0.29, 0.717) is 5.75 Å². The minimum absolute atomic E-state index is 0.237. The first-order valence-electron chi connectivity index (χ1n) is 8.54. The average molecular weight is 377 g/mol. The van der Waals surface area contributed by atoms with Crippen LogP contribution in [0.15, 0.2) is 24.3 Å². The van der Waals surface area contributed by atoms with Gasteiger partial charge in [-0.25, -0.2) is 0 Å². The van der Waals surface area contributed by atoms with E-state index < -0.39 is 0 Å². The molecule has 1 aliphatic heterocycles. The number of aromatic nitrogens is 2. The Morgan fingerprint density at radius 1 is 1.16 bits per heavy atom. The molecule has 0 spiro atoms. The Hall–Kier alpha value is -1.44. The quantitative estimate of drug-likeness (QED) is 0.776. The molecule has 0 aliphatic carbocycles. The number of hydrogen-bond acceptors (Lipinski definition) is 6. The Morgan fingerprint density at radius 2 is 1.92 bits per heavy atom. The number of aryl methyl sites for hydroxylation is 2. The summed E-state index contributed by atoms with van der Waals surface area (Å²) in [7, 11) is 0. The van der Waals surface area contributed by atoms with E-state index in [0.717, 1.165) is 49.9 Å². The minimum atomic E-state index is 0.237. The number of amides is 1. The van der Waals surface area contributed by atoms with Crippen LogP contribution >= 0.6 is 23.5 Å². The molecule has 1 aliphatic rings. The Balaban J connectivity index is 1.40. The van der Waals surface area contributed by atoms with Crippen LogP contribution in [-0.2, 0) is 17.1 Å². The van der Waals surface area contributed by atoms with Gasteiger partial charge < -0.3 is 4.90 Å². The van der Waals surface area contributed by atoms with Gasteiger partial charge in [-0.3, -0.25) is 9.69 Å². The second-order valence-electron chi connectivity index (χ2n) is 6.37. The van der Waals surface area contributed by atoms with Crippen LogP contribution in [0.4, 0.5) is 0 Å². The highest BCUT2D eigenvalue weighted by Crippen LogP contribution is 2.16. The first-order chi connectivity index (χ1) is 12.1. The van der Waals surface area contributed by atoms with E-state index in [2.05, 4.69) is 44.8 Å². The van der Waals surface area contributed by atoms with Crippen molar-refractivity contribution in [2.24, 2.45) is 0 Å². The van der Waals surface area contributed by atoms with Gasteiger partial charge in [0, 0.05) is 38.5 Å². The Labute approximate surface area is 157 Å². The molecule has 1 aromatic heterocycles. The SMILES string of the molecule is Cc1ccccc1CN1CCN(C(=O)CSCc2nsnc2C)CC1. The molecule has 3 rings (SSSR count). The van der Waals surface area contributed by atoms with Gasteiger partial charge in [-0.1, -0.05) is 24.3 Å². The predicted molar refractivity (Wildman–Crippen MR) is 104 cm³/mol. The molecule has 0 saturated carbocycles. The molecule has 134 valence electrons. The maximum absolute atomic E-state index is 12.4. The van der Waals surface area contributed by atoms with Crippen molar-refractivity contribution >= 4 is 29.4 Å². The van der Waals surface area contributed by atoms with Crippen molar-refractivity contribution < 1.29 is 4.79 Å². The van der Waals surface area contributed by atoms with E-state index in [9.17, 15) is 4.79 Å². The topological polar surface area (TPSA) is 49.3 Å². The molecule has 0 N–H and O–H groups in total. The van der Waals surface area contributed by atoms with Crippen molar-refractivity contribution in [1.29, 1.82) is 0 Å². The normalized spacial score (nSPS) is 15.5. The van der Waals surface area contributed by atoms with Crippen LogP contribution in [0.25, 0.3) is 0 Å². The summed E-state index contributed by atoms with van der Waals surface area (Å²) in [4.78, 5) is 16.8. The van der Waals surface area contributed by atoms with Crippen LogP contribution in [0.2, 0.25) is 0 Å². The highest BCUT2D eigenvalue weighted by atomic mass is 32.2. The summed E-state index contributed by atoms with van der Waals surface area (Å²) in [5.74, 6) is 1.53. The number of carbonyl (C=O) groups is 1. The van der Waals surface area contributed by atoms with Gasteiger partial charge in [0.15, 0.2) is 0 Å². The van der Waals surface area contributed by atoms with Crippen molar-refractivity contribution in [2.75, 3.05) is 31.9 Å². The fourth-order valence-corrected chi connectivity index (χ4v) is 4.46. The second kappa shape index (κ2) is 8.78. The van der Waals surface area contributed by atoms with Crippen LogP contribution in [0.5, 0.6) is 0 Å². The zero-order chi connectivity index (χ0) is 17.6. The fourth-order valence-electron chi connectivity index (χ4n) is 2.89. The van der Waals surface area contributed by atoms with E-state index in [4.69, 9.17) is 0 Å². The molecule has 0 unspecified atom stereocenters. The molecule has 1 aromatic carbocycles. The number of benzene rings is 1. The standard InChI is InChI=1S/C18H24N4OS2/c1-14-5-3-4-6-16(14)11-21-7-9-22(10-8-21)18(23)13-24-12-17-15(2)19-25-20-17/h3-6H,7-13H2,1-2H3. The largest absolute Gasteiger partial charge is 0.339 e. The third kappa shape index (κ3) is 5.03. The number of carbonyl (C=O) groups excluding carboxylic acids is 1. The van der Waals surface area contributed by atoms with E-state index in [1.54, 1.807) is 11.8 Å². The smallest absolute Gasteiger partial charge is 0.232 e. The number of thioether (sulfide) groups is 1. The second-order valence-corrected chi connectivity index (χ2v) is 7.89. The molecule has 2 aromatic rings. The fraction of sp³-hybridized carbons (Fsp3) is 0.500. The van der Waals surface area contributed by atoms with Crippen molar-refractivity contribution in [3.8, 4) is 0 Å². The minimum Gasteiger partial charge on any atom is -0.339 e. The van der Waals surface area contributed by atoms with Crippen LogP contribution in [-0.4, -0.2) is 56.4 Å². The molecular formula is C18H24N4OS2. The number of rotatable bonds is 6. The molecule has 25 heavy (non-hydrogen) atoms. The summed E-state index contributed by atoms with van der Waals surface area (Å²) >= 11 is 2.87. The number of nitrogens with zero attached hydrogens (tertiary/aromatic N) is 4. The van der Waals surface area contributed by atoms with Crippen LogP contribution in [0.3, 0.4) is 0 Å². The molecular weight excluding hydrogens is 352 g/mol. The molecule has 1 amide bonds. The van der Waals surface area contributed by atoms with Crippen molar-refractivity contribution in [2.45, 2.75) is 26.1 Å². The van der Waals surface area contributed by atoms with Gasteiger partial charge in [0.25, 0.3) is 0 Å². The third-order valence-corrected chi connectivity index (χ3v) is 6.18. The van der Waals surface area contributed by atoms with Crippen LogP contribution in [0, 0.1) is 13.8 Å². The van der Waals surface area contributed by atoms with Gasteiger partial charge in [-0.15, -0.1) is 11.8 Å². The Morgan fingerprint density at radius 3 is 2.60 bits per heavy atom. The maximum Gasteiger partial charge on any atom is 0.232 e. The third-order valence-electron chi connectivity index (χ3n) is 4.59. The lowest BCUT2D eigenvalue weighted by Gasteiger charge is -2.35. The zero-order valence-electron chi connectivity index (χ0n) is 14.8. The van der Waals surface area contributed by atoms with Gasteiger partial charge in [0.1, 0.15) is 0 Å². The average Bonchev–Trinajstić information content (AvgIpc) is 3.02. The number of hydrogen-bond donors (Lipinski definition) is 0. The van der Waals surface area contributed by atoms with E-state index in [-0.39, 0.29) is 5.91 Å². The van der Waals surface area contributed by atoms with Crippen molar-refractivity contribution in [3.05, 3.63) is 46.8 Å². The maximum atomic E-state index is 12.4. The lowest BCUT2D eigenvalue weighted by Crippen LogP contribution is -2.48.